The Bertz CT molecular complexity index is 323. The number of benzene rings is 1. The molecule has 14 heavy (non-hydrogen) atoms. The van der Waals surface area contributed by atoms with E-state index >= 15 is 0 Å². The quantitative estimate of drug-likeness (QED) is 0.722. The third-order valence-electron chi connectivity index (χ3n) is 2.53. The Morgan fingerprint density at radius 3 is 2.71 bits per heavy atom. The highest BCUT2D eigenvalue weighted by Crippen LogP contribution is 2.17. The lowest BCUT2D eigenvalue weighted by atomic mass is 10.1. The zero-order chi connectivity index (χ0) is 9.97. The van der Waals surface area contributed by atoms with E-state index in [0.717, 1.165) is 13.0 Å². The minimum Gasteiger partial charge on any atom is -0.480 e. The first-order valence-corrected chi connectivity index (χ1v) is 4.78. The molecule has 3 nitrogen and oxygen atoms in total. The molecule has 1 aromatic carbocycles. The summed E-state index contributed by atoms with van der Waals surface area (Å²) in [4.78, 5) is 12.5. The summed E-state index contributed by atoms with van der Waals surface area (Å²) in [5.74, 6) is -0.696. The first-order chi connectivity index (χ1) is 6.77. The molecule has 2 rings (SSSR count). The van der Waals surface area contributed by atoms with Crippen LogP contribution in [-0.4, -0.2) is 35.1 Å². The molecule has 0 bridgehead atoms. The van der Waals surface area contributed by atoms with Crippen LogP contribution < -0.4 is 0 Å². The highest BCUT2D eigenvalue weighted by Gasteiger charge is 2.39. The summed E-state index contributed by atoms with van der Waals surface area (Å²) in [5, 5.41) is 8.68. The third-order valence-corrected chi connectivity index (χ3v) is 2.53. The Kier molecular flexibility index (Phi) is 2.50. The Balaban J connectivity index is 1.77. The van der Waals surface area contributed by atoms with Crippen molar-refractivity contribution in [2.45, 2.75) is 12.5 Å². The molecule has 0 aromatic heterocycles. The van der Waals surface area contributed by atoms with Crippen molar-refractivity contribution in [2.24, 2.45) is 0 Å². The number of carbonyl (C=O) groups is 1. The summed E-state index contributed by atoms with van der Waals surface area (Å²) in [6.07, 6.45) is 0.935. The summed E-state index contributed by atoms with van der Waals surface area (Å²) >= 11 is 0. The fraction of sp³-hybridized carbons (Fsp3) is 0.364. The van der Waals surface area contributed by atoms with Crippen molar-refractivity contribution in [3.8, 4) is 0 Å². The third kappa shape index (κ3) is 2.12. The second-order valence-electron chi connectivity index (χ2n) is 3.58. The van der Waals surface area contributed by atoms with Crippen LogP contribution in [0.2, 0.25) is 0 Å². The Hall–Kier alpha value is -1.35. The van der Waals surface area contributed by atoms with Crippen molar-refractivity contribution in [3.63, 3.8) is 0 Å². The van der Waals surface area contributed by atoms with Gasteiger partial charge in [-0.25, -0.2) is 0 Å². The smallest absolute Gasteiger partial charge is 0.322 e. The number of hydrogen-bond acceptors (Lipinski definition) is 2. The minimum absolute atomic E-state index is 0.223. The van der Waals surface area contributed by atoms with E-state index in [2.05, 4.69) is 12.1 Å². The monoisotopic (exact) mass is 191 g/mol. The predicted molar refractivity (Wildman–Crippen MR) is 53.1 cm³/mol. The van der Waals surface area contributed by atoms with Gasteiger partial charge in [-0.15, -0.1) is 0 Å². The van der Waals surface area contributed by atoms with E-state index in [1.165, 1.54) is 5.56 Å². The van der Waals surface area contributed by atoms with Gasteiger partial charge in [0.15, 0.2) is 0 Å². The second-order valence-corrected chi connectivity index (χ2v) is 3.58. The molecule has 1 N–H and O–H groups in total. The number of carboxylic acids is 1. The average Bonchev–Trinajstić information content (AvgIpc) is 2.96. The van der Waals surface area contributed by atoms with E-state index < -0.39 is 5.97 Å². The molecule has 1 aliphatic rings. The number of hydrogen-bond donors (Lipinski definition) is 1. The summed E-state index contributed by atoms with van der Waals surface area (Å²) in [7, 11) is 0. The molecule has 1 heterocycles. The van der Waals surface area contributed by atoms with E-state index in [4.69, 9.17) is 5.11 Å². The van der Waals surface area contributed by atoms with Crippen LogP contribution >= 0.6 is 0 Å². The van der Waals surface area contributed by atoms with Gasteiger partial charge in [0.1, 0.15) is 6.04 Å². The van der Waals surface area contributed by atoms with Gasteiger partial charge in [0, 0.05) is 13.1 Å². The van der Waals surface area contributed by atoms with Crippen LogP contribution in [0.4, 0.5) is 0 Å². The molecule has 2 atom stereocenters. The lowest BCUT2D eigenvalue weighted by Crippen LogP contribution is -2.13. The van der Waals surface area contributed by atoms with Gasteiger partial charge in [0.05, 0.1) is 0 Å². The van der Waals surface area contributed by atoms with Gasteiger partial charge in [-0.1, -0.05) is 30.3 Å². The number of carboxylic acid groups (broad SMARTS) is 1. The van der Waals surface area contributed by atoms with Gasteiger partial charge in [-0.05, 0) is 12.0 Å². The maximum absolute atomic E-state index is 10.5. The minimum atomic E-state index is -0.696. The van der Waals surface area contributed by atoms with Gasteiger partial charge < -0.3 is 5.11 Å². The van der Waals surface area contributed by atoms with Gasteiger partial charge in [-0.3, -0.25) is 9.69 Å². The first-order valence-electron chi connectivity index (χ1n) is 4.78. The normalized spacial score (nSPS) is 24.6. The van der Waals surface area contributed by atoms with Gasteiger partial charge >= 0.3 is 5.97 Å². The summed E-state index contributed by atoms with van der Waals surface area (Å²) in [5.41, 5.74) is 1.27. The lowest BCUT2D eigenvalue weighted by molar-refractivity contribution is -0.137. The lowest BCUT2D eigenvalue weighted by Gasteiger charge is -2.01. The van der Waals surface area contributed by atoms with Crippen LogP contribution in [0.3, 0.4) is 0 Å². The van der Waals surface area contributed by atoms with Crippen LogP contribution in [0.25, 0.3) is 0 Å². The largest absolute Gasteiger partial charge is 0.480 e. The van der Waals surface area contributed by atoms with E-state index in [0.29, 0.717) is 6.54 Å². The molecule has 0 aliphatic carbocycles. The number of rotatable bonds is 4. The van der Waals surface area contributed by atoms with E-state index in [-0.39, 0.29) is 6.04 Å². The molecule has 1 aliphatic heterocycles. The van der Waals surface area contributed by atoms with Crippen molar-refractivity contribution in [1.82, 2.24) is 4.90 Å². The summed E-state index contributed by atoms with van der Waals surface area (Å²) in [6, 6.07) is 9.91. The maximum Gasteiger partial charge on any atom is 0.322 e. The summed E-state index contributed by atoms with van der Waals surface area (Å²) < 4.78 is 0. The van der Waals surface area contributed by atoms with Gasteiger partial charge in [0.25, 0.3) is 0 Å². The van der Waals surface area contributed by atoms with Crippen LogP contribution in [0.1, 0.15) is 5.56 Å². The molecule has 0 saturated carbocycles. The molecule has 0 amide bonds. The Morgan fingerprint density at radius 1 is 1.43 bits per heavy atom. The Labute approximate surface area is 83.0 Å². The first kappa shape index (κ1) is 9.21. The molecular formula is C11H13NO2. The molecule has 1 aromatic rings. The van der Waals surface area contributed by atoms with Crippen LogP contribution in [0.5, 0.6) is 0 Å². The number of nitrogens with zero attached hydrogens (tertiary/aromatic N) is 1. The van der Waals surface area contributed by atoms with Crippen molar-refractivity contribution >= 4 is 5.97 Å². The average molecular weight is 191 g/mol. The van der Waals surface area contributed by atoms with Crippen LogP contribution in [-0.2, 0) is 11.2 Å². The molecule has 74 valence electrons. The van der Waals surface area contributed by atoms with Crippen LogP contribution in [0.15, 0.2) is 30.3 Å². The van der Waals surface area contributed by atoms with Crippen molar-refractivity contribution in [2.75, 3.05) is 13.1 Å². The second kappa shape index (κ2) is 3.80. The van der Waals surface area contributed by atoms with Crippen molar-refractivity contribution < 1.29 is 9.90 Å². The van der Waals surface area contributed by atoms with Crippen molar-refractivity contribution in [1.29, 1.82) is 0 Å². The molecular weight excluding hydrogens is 178 g/mol. The fourth-order valence-electron chi connectivity index (χ4n) is 1.57. The SMILES string of the molecule is O=C(O)[C@H]1CN1CCc1ccccc1. The Morgan fingerprint density at radius 2 is 2.14 bits per heavy atom. The standard InChI is InChI=1S/C11H13NO2/c13-11(14)10-8-12(10)7-6-9-4-2-1-3-5-9/h1-5,10H,6-8H2,(H,13,14)/t10-,12?/m1/s1. The summed E-state index contributed by atoms with van der Waals surface area (Å²) in [6.45, 7) is 1.56. The number of aliphatic carboxylic acids is 1. The zero-order valence-corrected chi connectivity index (χ0v) is 7.89. The zero-order valence-electron chi connectivity index (χ0n) is 7.89. The van der Waals surface area contributed by atoms with E-state index in [1.807, 2.05) is 23.1 Å². The molecule has 0 radical (unpaired) electrons. The van der Waals surface area contributed by atoms with Crippen LogP contribution in [0, 0.1) is 0 Å². The topological polar surface area (TPSA) is 40.3 Å². The van der Waals surface area contributed by atoms with Crippen molar-refractivity contribution in [3.05, 3.63) is 35.9 Å². The van der Waals surface area contributed by atoms with Gasteiger partial charge in [0.2, 0.25) is 0 Å². The molecule has 3 heteroatoms. The highest BCUT2D eigenvalue weighted by atomic mass is 16.4. The molecule has 0 spiro atoms. The maximum atomic E-state index is 10.5. The van der Waals surface area contributed by atoms with E-state index in [1.54, 1.807) is 0 Å². The van der Waals surface area contributed by atoms with Gasteiger partial charge in [-0.2, -0.15) is 0 Å². The molecule has 1 saturated heterocycles. The predicted octanol–water partition coefficient (Wildman–Crippen LogP) is 0.998. The van der Waals surface area contributed by atoms with E-state index in [9.17, 15) is 4.79 Å². The molecule has 1 unspecified atom stereocenters. The molecule has 1 fully saturated rings. The highest BCUT2D eigenvalue weighted by molar-refractivity contribution is 5.76. The fourth-order valence-corrected chi connectivity index (χ4v) is 1.57.